The van der Waals surface area contributed by atoms with E-state index < -0.39 is 6.04 Å². The van der Waals surface area contributed by atoms with Gasteiger partial charge in [-0.25, -0.2) is 0 Å². The Kier molecular flexibility index (Phi) is 8.15. The average molecular weight is 537 g/mol. The van der Waals surface area contributed by atoms with Crippen LogP contribution in [0.5, 0.6) is 0 Å². The first-order valence-electron chi connectivity index (χ1n) is 13.9. The van der Waals surface area contributed by atoms with Crippen LogP contribution in [0.3, 0.4) is 0 Å². The van der Waals surface area contributed by atoms with E-state index in [1.807, 2.05) is 29.7 Å². The van der Waals surface area contributed by atoms with Gasteiger partial charge in [-0.2, -0.15) is 0 Å². The van der Waals surface area contributed by atoms with Crippen LogP contribution in [0.25, 0.3) is 0 Å². The first-order valence-corrected chi connectivity index (χ1v) is 14.2. The molecule has 3 saturated heterocycles. The van der Waals surface area contributed by atoms with Crippen LogP contribution >= 0.6 is 11.6 Å². The normalized spacial score (nSPS) is 20.9. The Morgan fingerprint density at radius 1 is 1.00 bits per heavy atom. The topological polar surface area (TPSA) is 73.8 Å². The van der Waals surface area contributed by atoms with Gasteiger partial charge in [0.15, 0.2) is 5.78 Å². The van der Waals surface area contributed by atoms with E-state index in [0.717, 1.165) is 74.7 Å². The van der Waals surface area contributed by atoms with E-state index >= 15 is 0 Å². The van der Waals surface area contributed by atoms with Gasteiger partial charge in [-0.15, -0.1) is 0 Å². The number of piperidine rings is 1. The molecule has 5 rings (SSSR count). The minimum Gasteiger partial charge on any atom is -0.339 e. The van der Waals surface area contributed by atoms with Crippen LogP contribution < -0.4 is 0 Å². The van der Waals surface area contributed by atoms with E-state index in [0.29, 0.717) is 24.1 Å². The van der Waals surface area contributed by atoms with Crippen molar-refractivity contribution in [2.75, 3.05) is 26.2 Å². The van der Waals surface area contributed by atoms with E-state index in [2.05, 4.69) is 22.0 Å². The maximum Gasteiger partial charge on any atom is 0.253 e. The molecule has 2 aromatic rings. The molecule has 2 amide bonds. The van der Waals surface area contributed by atoms with Gasteiger partial charge in [-0.1, -0.05) is 23.7 Å². The molecule has 202 valence electrons. The zero-order chi connectivity index (χ0) is 26.8. The minimum atomic E-state index is -0.405. The summed E-state index contributed by atoms with van der Waals surface area (Å²) in [5.41, 5.74) is 4.28. The maximum atomic E-state index is 13.5. The minimum absolute atomic E-state index is 0.0138. The Balaban J connectivity index is 1.21. The molecule has 0 saturated carbocycles. The molecule has 0 unspecified atom stereocenters. The maximum absolute atomic E-state index is 13.5. The second-order valence-electron chi connectivity index (χ2n) is 11.1. The van der Waals surface area contributed by atoms with Gasteiger partial charge in [0.2, 0.25) is 5.91 Å². The third-order valence-corrected chi connectivity index (χ3v) is 8.63. The van der Waals surface area contributed by atoms with Gasteiger partial charge in [0.25, 0.3) is 5.91 Å². The van der Waals surface area contributed by atoms with E-state index in [4.69, 9.17) is 11.6 Å². The number of carbonyl (C=O) groups is 3. The number of pyridine rings is 1. The summed E-state index contributed by atoms with van der Waals surface area (Å²) >= 11 is 6.18. The van der Waals surface area contributed by atoms with Gasteiger partial charge in [0.05, 0.1) is 12.5 Å². The van der Waals surface area contributed by atoms with Gasteiger partial charge >= 0.3 is 0 Å². The number of nitrogens with zero attached hydrogens (tertiary/aromatic N) is 4. The highest BCUT2D eigenvalue weighted by atomic mass is 35.5. The summed E-state index contributed by atoms with van der Waals surface area (Å²) in [6, 6.07) is 9.41. The highest BCUT2D eigenvalue weighted by Crippen LogP contribution is 2.29. The number of aromatic nitrogens is 1. The van der Waals surface area contributed by atoms with Crippen molar-refractivity contribution in [2.24, 2.45) is 0 Å². The standard InChI is InChI=1S/C30H37ClN4O3/c1-20-15-22(5-6-26(20)31)19-33-13-9-25(10-14-33)35-27(7-8-29(35)37)28(36)18-24-17-23(16-21(2)32-24)30(38)34-11-3-4-12-34/h5-6,15-17,25,27H,3-4,7-14,18-19H2,1-2H3/t27-/m1/s1. The van der Waals surface area contributed by atoms with Gasteiger partial charge in [-0.3, -0.25) is 24.3 Å². The summed E-state index contributed by atoms with van der Waals surface area (Å²) in [5.74, 6) is 0.115. The number of halogens is 1. The smallest absolute Gasteiger partial charge is 0.253 e. The predicted molar refractivity (Wildman–Crippen MR) is 147 cm³/mol. The fourth-order valence-corrected chi connectivity index (χ4v) is 6.36. The van der Waals surface area contributed by atoms with Crippen LogP contribution in [-0.4, -0.2) is 75.5 Å². The molecular weight excluding hydrogens is 500 g/mol. The molecule has 3 aliphatic rings. The molecule has 0 spiro atoms. The van der Waals surface area contributed by atoms with Crippen LogP contribution in [0.4, 0.5) is 0 Å². The number of hydrogen-bond acceptors (Lipinski definition) is 5. The largest absolute Gasteiger partial charge is 0.339 e. The molecule has 4 heterocycles. The Morgan fingerprint density at radius 3 is 2.45 bits per heavy atom. The number of Topliss-reactive ketones (excluding diaryl/α,β-unsaturated/α-hetero) is 1. The van der Waals surface area contributed by atoms with Crippen LogP contribution in [0.1, 0.15) is 71.4 Å². The third-order valence-electron chi connectivity index (χ3n) is 8.21. The monoisotopic (exact) mass is 536 g/mol. The molecule has 8 heteroatoms. The number of rotatable bonds is 7. The zero-order valence-corrected chi connectivity index (χ0v) is 23.2. The predicted octanol–water partition coefficient (Wildman–Crippen LogP) is 4.36. The summed E-state index contributed by atoms with van der Waals surface area (Å²) in [7, 11) is 0. The summed E-state index contributed by atoms with van der Waals surface area (Å²) in [6.07, 6.45) is 4.91. The highest BCUT2D eigenvalue weighted by molar-refractivity contribution is 6.31. The quantitative estimate of drug-likeness (QED) is 0.526. The molecule has 0 aliphatic carbocycles. The third kappa shape index (κ3) is 5.94. The summed E-state index contributed by atoms with van der Waals surface area (Å²) in [5, 5.41) is 0.783. The molecular formula is C30H37ClN4O3. The lowest BCUT2D eigenvalue weighted by atomic mass is 9.98. The van der Waals surface area contributed by atoms with Crippen LogP contribution in [-0.2, 0) is 22.6 Å². The van der Waals surface area contributed by atoms with Gasteiger partial charge in [0.1, 0.15) is 0 Å². The van der Waals surface area contributed by atoms with Crippen LogP contribution in [0.15, 0.2) is 30.3 Å². The summed E-state index contributed by atoms with van der Waals surface area (Å²) in [6.45, 7) is 8.08. The Bertz CT molecular complexity index is 1220. The number of hydrogen-bond donors (Lipinski definition) is 0. The molecule has 7 nitrogen and oxygen atoms in total. The van der Waals surface area contributed by atoms with Crippen molar-refractivity contribution in [3.8, 4) is 0 Å². The van der Waals surface area contributed by atoms with E-state index in [1.54, 1.807) is 12.1 Å². The van der Waals surface area contributed by atoms with Crippen molar-refractivity contribution in [3.05, 3.63) is 63.4 Å². The number of ketones is 1. The molecule has 0 bridgehead atoms. The Morgan fingerprint density at radius 2 is 1.74 bits per heavy atom. The number of carbonyl (C=O) groups excluding carboxylic acids is 3. The van der Waals surface area contributed by atoms with E-state index in [9.17, 15) is 14.4 Å². The number of benzene rings is 1. The SMILES string of the molecule is Cc1cc(C(=O)N2CCCC2)cc(CC(=O)[C@H]2CCC(=O)N2C2CCN(Cc3ccc(Cl)c(C)c3)CC2)n1. The van der Waals surface area contributed by atoms with Crippen molar-refractivity contribution in [3.63, 3.8) is 0 Å². The fraction of sp³-hybridized carbons (Fsp3) is 0.533. The average Bonchev–Trinajstić information content (AvgIpc) is 3.56. The second kappa shape index (κ2) is 11.5. The summed E-state index contributed by atoms with van der Waals surface area (Å²) in [4.78, 5) is 50.0. The first-order chi connectivity index (χ1) is 18.3. The van der Waals surface area contributed by atoms with Crippen molar-refractivity contribution >= 4 is 29.2 Å². The van der Waals surface area contributed by atoms with Gasteiger partial charge in [-0.05, 0) is 75.3 Å². The zero-order valence-electron chi connectivity index (χ0n) is 22.4. The molecule has 1 aromatic carbocycles. The summed E-state index contributed by atoms with van der Waals surface area (Å²) < 4.78 is 0. The lowest BCUT2D eigenvalue weighted by molar-refractivity contribution is -0.137. The lowest BCUT2D eigenvalue weighted by Gasteiger charge is -2.39. The second-order valence-corrected chi connectivity index (χ2v) is 11.5. The van der Waals surface area contributed by atoms with Crippen molar-refractivity contribution < 1.29 is 14.4 Å². The number of aryl methyl sites for hydroxylation is 2. The van der Waals surface area contributed by atoms with Crippen LogP contribution in [0, 0.1) is 13.8 Å². The van der Waals surface area contributed by atoms with Crippen LogP contribution in [0.2, 0.25) is 5.02 Å². The van der Waals surface area contributed by atoms with E-state index in [-0.39, 0.29) is 30.1 Å². The first kappa shape index (κ1) is 26.8. The molecule has 3 aliphatic heterocycles. The molecule has 0 radical (unpaired) electrons. The van der Waals surface area contributed by atoms with Crippen molar-refractivity contribution in [1.82, 2.24) is 19.7 Å². The Labute approximate surface area is 230 Å². The van der Waals surface area contributed by atoms with Crippen molar-refractivity contribution in [2.45, 2.75) is 77.4 Å². The Hall–Kier alpha value is -2.77. The molecule has 0 N–H and O–H groups in total. The van der Waals surface area contributed by atoms with Crippen molar-refractivity contribution in [1.29, 1.82) is 0 Å². The fourth-order valence-electron chi connectivity index (χ4n) is 6.25. The molecule has 1 atom stereocenters. The molecule has 3 fully saturated rings. The van der Waals surface area contributed by atoms with E-state index in [1.165, 1.54) is 5.56 Å². The van der Waals surface area contributed by atoms with Gasteiger partial charge in [0, 0.05) is 67.2 Å². The number of amides is 2. The van der Waals surface area contributed by atoms with Gasteiger partial charge < -0.3 is 9.80 Å². The number of likely N-dealkylation sites (tertiary alicyclic amines) is 3. The lowest BCUT2D eigenvalue weighted by Crippen LogP contribution is -2.50. The molecule has 38 heavy (non-hydrogen) atoms. The highest BCUT2D eigenvalue weighted by Gasteiger charge is 2.41. The molecule has 1 aromatic heterocycles.